The molecule has 0 radical (unpaired) electrons. The van der Waals surface area contributed by atoms with Gasteiger partial charge in [0.2, 0.25) is 15.9 Å². The van der Waals surface area contributed by atoms with Crippen LogP contribution in [0, 0.1) is 0 Å². The number of carbonyl (C=O) groups excluding carboxylic acids is 3. The fourth-order valence-electron chi connectivity index (χ4n) is 2.90. The predicted octanol–water partition coefficient (Wildman–Crippen LogP) is 2.38. The van der Waals surface area contributed by atoms with Crippen LogP contribution in [0.25, 0.3) is 6.08 Å². The van der Waals surface area contributed by atoms with Crippen molar-refractivity contribution in [1.29, 1.82) is 0 Å². The van der Waals surface area contributed by atoms with Crippen LogP contribution in [0.4, 0.5) is 5.69 Å². The number of ether oxygens (including phenoxy) is 1. The Labute approximate surface area is 193 Å². The molecule has 0 fully saturated rings. The molecule has 2 N–H and O–H groups in total. The summed E-state index contributed by atoms with van der Waals surface area (Å²) < 4.78 is 31.7. The first kappa shape index (κ1) is 25.8. The molecule has 0 aliphatic heterocycles. The van der Waals surface area contributed by atoms with E-state index in [0.717, 1.165) is 0 Å². The maximum atomic E-state index is 12.7. The zero-order chi connectivity index (χ0) is 24.4. The summed E-state index contributed by atoms with van der Waals surface area (Å²) >= 11 is 0. The second-order valence-corrected chi connectivity index (χ2v) is 8.83. The van der Waals surface area contributed by atoms with Gasteiger partial charge < -0.3 is 15.4 Å². The van der Waals surface area contributed by atoms with E-state index in [1.54, 1.807) is 44.2 Å². The summed E-state index contributed by atoms with van der Waals surface area (Å²) in [7, 11) is -3.69. The molecule has 0 spiro atoms. The van der Waals surface area contributed by atoms with Gasteiger partial charge in [-0.25, -0.2) is 13.2 Å². The molecule has 2 aromatic carbocycles. The first-order valence-electron chi connectivity index (χ1n) is 10.3. The van der Waals surface area contributed by atoms with Gasteiger partial charge in [0.1, 0.15) is 5.70 Å². The highest BCUT2D eigenvalue weighted by Crippen LogP contribution is 2.19. The van der Waals surface area contributed by atoms with E-state index in [1.165, 1.54) is 41.6 Å². The molecule has 2 amide bonds. The standard InChI is InChI=1S/C23H27N3O6S/c1-4-26(5-2)33(30,31)20-13-9-12-19(15-20)25-22(28)16-32-23(29)21(24-17(3)27)14-18-10-7-6-8-11-18/h6-15H,4-5,16H2,1-3H3,(H,24,27)(H,25,28)/b21-14-. The van der Waals surface area contributed by atoms with Crippen molar-refractivity contribution >= 4 is 39.6 Å². The molecule has 0 atom stereocenters. The van der Waals surface area contributed by atoms with Crippen molar-refractivity contribution in [2.75, 3.05) is 25.0 Å². The molecule has 0 aromatic heterocycles. The Morgan fingerprint density at radius 3 is 2.27 bits per heavy atom. The van der Waals surface area contributed by atoms with Gasteiger partial charge in [-0.05, 0) is 29.8 Å². The van der Waals surface area contributed by atoms with Crippen LogP contribution in [0.2, 0.25) is 0 Å². The summed E-state index contributed by atoms with van der Waals surface area (Å²) in [6.07, 6.45) is 1.43. The summed E-state index contributed by atoms with van der Waals surface area (Å²) in [6.45, 7) is 4.73. The molecule has 0 heterocycles. The molecule has 2 rings (SSSR count). The van der Waals surface area contributed by atoms with E-state index in [2.05, 4.69) is 10.6 Å². The van der Waals surface area contributed by atoms with Gasteiger partial charge in [0.05, 0.1) is 4.90 Å². The Hall–Kier alpha value is -3.50. The Balaban J connectivity index is 2.06. The lowest BCUT2D eigenvalue weighted by atomic mass is 10.2. The molecular weight excluding hydrogens is 446 g/mol. The van der Waals surface area contributed by atoms with Crippen LogP contribution in [-0.2, 0) is 29.1 Å². The van der Waals surface area contributed by atoms with Gasteiger partial charge >= 0.3 is 5.97 Å². The molecule has 0 saturated carbocycles. The van der Waals surface area contributed by atoms with Gasteiger partial charge in [-0.15, -0.1) is 0 Å². The highest BCUT2D eigenvalue weighted by molar-refractivity contribution is 7.89. The van der Waals surface area contributed by atoms with Crippen molar-refractivity contribution in [2.45, 2.75) is 25.7 Å². The smallest absolute Gasteiger partial charge is 0.355 e. The molecule has 0 bridgehead atoms. The van der Waals surface area contributed by atoms with Crippen molar-refractivity contribution in [3.05, 3.63) is 65.9 Å². The quantitative estimate of drug-likeness (QED) is 0.404. The number of benzene rings is 2. The summed E-state index contributed by atoms with van der Waals surface area (Å²) in [6, 6.07) is 14.6. The number of anilines is 1. The van der Waals surface area contributed by atoms with Gasteiger partial charge in [0.25, 0.3) is 5.91 Å². The minimum absolute atomic E-state index is 0.0414. The molecule has 176 valence electrons. The van der Waals surface area contributed by atoms with Crippen LogP contribution in [0.15, 0.2) is 65.2 Å². The monoisotopic (exact) mass is 473 g/mol. The lowest BCUT2D eigenvalue weighted by molar-refractivity contribution is -0.144. The van der Waals surface area contributed by atoms with Crippen molar-refractivity contribution in [3.8, 4) is 0 Å². The van der Waals surface area contributed by atoms with Crippen LogP contribution in [0.3, 0.4) is 0 Å². The zero-order valence-electron chi connectivity index (χ0n) is 18.7. The summed E-state index contributed by atoms with van der Waals surface area (Å²) in [5.74, 6) is -2.02. The summed E-state index contributed by atoms with van der Waals surface area (Å²) in [5, 5.41) is 4.90. The third kappa shape index (κ3) is 7.55. The van der Waals surface area contributed by atoms with E-state index in [-0.39, 0.29) is 16.3 Å². The summed E-state index contributed by atoms with van der Waals surface area (Å²) in [5.41, 5.74) is 0.786. The number of rotatable bonds is 10. The number of esters is 1. The molecule has 0 aliphatic rings. The number of hydrogen-bond donors (Lipinski definition) is 2. The minimum Gasteiger partial charge on any atom is -0.451 e. The number of nitrogens with one attached hydrogen (secondary N) is 2. The molecule has 2 aromatic rings. The molecule has 10 heteroatoms. The fourth-order valence-corrected chi connectivity index (χ4v) is 4.41. The van der Waals surface area contributed by atoms with Crippen molar-refractivity contribution in [3.63, 3.8) is 0 Å². The second-order valence-electron chi connectivity index (χ2n) is 6.89. The normalized spacial score (nSPS) is 11.7. The third-order valence-corrected chi connectivity index (χ3v) is 6.48. The fraction of sp³-hybridized carbons (Fsp3) is 0.261. The largest absolute Gasteiger partial charge is 0.451 e. The average Bonchev–Trinajstić information content (AvgIpc) is 2.78. The SMILES string of the molecule is CCN(CC)S(=O)(=O)c1cccc(NC(=O)COC(=O)/C(=C/c2ccccc2)NC(C)=O)c1. The van der Waals surface area contributed by atoms with E-state index in [9.17, 15) is 22.8 Å². The average molecular weight is 474 g/mol. The number of amides is 2. The highest BCUT2D eigenvalue weighted by Gasteiger charge is 2.22. The maximum absolute atomic E-state index is 12.7. The highest BCUT2D eigenvalue weighted by atomic mass is 32.2. The van der Waals surface area contributed by atoms with Gasteiger partial charge in [0, 0.05) is 25.7 Å². The van der Waals surface area contributed by atoms with E-state index in [4.69, 9.17) is 4.74 Å². The Kier molecular flexibility index (Phi) is 9.31. The topological polar surface area (TPSA) is 122 Å². The summed E-state index contributed by atoms with van der Waals surface area (Å²) in [4.78, 5) is 36.2. The van der Waals surface area contributed by atoms with Crippen LogP contribution >= 0.6 is 0 Å². The molecule has 0 aliphatic carbocycles. The van der Waals surface area contributed by atoms with E-state index < -0.39 is 34.4 Å². The lowest BCUT2D eigenvalue weighted by Gasteiger charge is -2.18. The van der Waals surface area contributed by atoms with Crippen LogP contribution in [-0.4, -0.2) is 50.2 Å². The number of nitrogens with zero attached hydrogens (tertiary/aromatic N) is 1. The maximum Gasteiger partial charge on any atom is 0.355 e. The van der Waals surface area contributed by atoms with Crippen molar-refractivity contribution < 1.29 is 27.5 Å². The van der Waals surface area contributed by atoms with Crippen LogP contribution in [0.5, 0.6) is 0 Å². The number of sulfonamides is 1. The lowest BCUT2D eigenvalue weighted by Crippen LogP contribution is -2.30. The van der Waals surface area contributed by atoms with Crippen LogP contribution in [0.1, 0.15) is 26.3 Å². The van der Waals surface area contributed by atoms with E-state index >= 15 is 0 Å². The third-order valence-electron chi connectivity index (χ3n) is 4.44. The van der Waals surface area contributed by atoms with Gasteiger partial charge in [0.15, 0.2) is 6.61 Å². The Morgan fingerprint density at radius 1 is 1.00 bits per heavy atom. The first-order chi connectivity index (χ1) is 15.7. The zero-order valence-corrected chi connectivity index (χ0v) is 19.5. The Bertz CT molecular complexity index is 1130. The predicted molar refractivity (Wildman–Crippen MR) is 124 cm³/mol. The van der Waals surface area contributed by atoms with Crippen molar-refractivity contribution in [1.82, 2.24) is 9.62 Å². The van der Waals surface area contributed by atoms with Gasteiger partial charge in [-0.1, -0.05) is 50.2 Å². The molecule has 33 heavy (non-hydrogen) atoms. The van der Waals surface area contributed by atoms with Crippen molar-refractivity contribution in [2.24, 2.45) is 0 Å². The van der Waals surface area contributed by atoms with E-state index in [0.29, 0.717) is 18.7 Å². The number of carbonyl (C=O) groups is 3. The molecule has 0 unspecified atom stereocenters. The molecule has 0 saturated heterocycles. The number of hydrogen-bond acceptors (Lipinski definition) is 6. The van der Waals surface area contributed by atoms with Gasteiger partial charge in [-0.2, -0.15) is 4.31 Å². The minimum atomic E-state index is -3.69. The first-order valence-corrected chi connectivity index (χ1v) is 11.7. The Morgan fingerprint density at radius 2 is 1.67 bits per heavy atom. The van der Waals surface area contributed by atoms with Gasteiger partial charge in [-0.3, -0.25) is 9.59 Å². The molecule has 9 nitrogen and oxygen atoms in total. The molecular formula is C23H27N3O6S. The second kappa shape index (κ2) is 11.9. The van der Waals surface area contributed by atoms with E-state index in [1.807, 2.05) is 0 Å². The van der Waals surface area contributed by atoms with Crippen LogP contribution < -0.4 is 10.6 Å².